The second kappa shape index (κ2) is 6.04. The lowest BCUT2D eigenvalue weighted by Crippen LogP contribution is -2.50. The fourth-order valence-electron chi connectivity index (χ4n) is 4.60. The van der Waals surface area contributed by atoms with Crippen LogP contribution >= 0.6 is 0 Å². The molecule has 2 aliphatic carbocycles. The molecule has 2 fully saturated rings. The number of fused-ring (bicyclic) bond motifs is 1. The number of amides is 1. The Morgan fingerprint density at radius 1 is 0.955 bits per heavy atom. The molecule has 3 aliphatic rings. The van der Waals surface area contributed by atoms with Crippen molar-refractivity contribution in [1.82, 2.24) is 9.80 Å². The number of nitrogens with zero attached hydrogens (tertiary/aromatic N) is 2. The molecule has 0 N–H and O–H groups in total. The van der Waals surface area contributed by atoms with Crippen molar-refractivity contribution in [2.75, 3.05) is 26.2 Å². The smallest absolute Gasteiger partial charge is 0.225 e. The van der Waals surface area contributed by atoms with Crippen LogP contribution in [0.2, 0.25) is 0 Å². The first-order valence-corrected chi connectivity index (χ1v) is 8.93. The van der Waals surface area contributed by atoms with Crippen molar-refractivity contribution >= 4 is 5.91 Å². The zero-order valence-corrected chi connectivity index (χ0v) is 13.3. The molecule has 0 aromatic heterocycles. The summed E-state index contributed by atoms with van der Waals surface area (Å²) in [7, 11) is 0. The molecule has 3 heteroatoms. The van der Waals surface area contributed by atoms with Gasteiger partial charge in [-0.3, -0.25) is 9.69 Å². The van der Waals surface area contributed by atoms with Crippen LogP contribution in [0.5, 0.6) is 0 Å². The molecule has 118 valence electrons. The summed E-state index contributed by atoms with van der Waals surface area (Å²) in [6.07, 6.45) is 7.19. The van der Waals surface area contributed by atoms with Crippen LogP contribution in [-0.4, -0.2) is 41.9 Å². The van der Waals surface area contributed by atoms with Gasteiger partial charge in [-0.15, -0.1) is 0 Å². The van der Waals surface area contributed by atoms with Crippen LogP contribution in [0.25, 0.3) is 0 Å². The lowest BCUT2D eigenvalue weighted by atomic mass is 10.0. The summed E-state index contributed by atoms with van der Waals surface area (Å²) < 4.78 is 0. The molecular weight excluding hydrogens is 272 g/mol. The highest BCUT2D eigenvalue weighted by atomic mass is 16.2. The van der Waals surface area contributed by atoms with E-state index in [0.717, 1.165) is 39.0 Å². The Labute approximate surface area is 133 Å². The lowest BCUT2D eigenvalue weighted by Gasteiger charge is -2.39. The van der Waals surface area contributed by atoms with E-state index in [-0.39, 0.29) is 0 Å². The second-order valence-electron chi connectivity index (χ2n) is 7.10. The zero-order valence-electron chi connectivity index (χ0n) is 13.3. The van der Waals surface area contributed by atoms with Crippen molar-refractivity contribution in [2.45, 2.75) is 44.6 Å². The van der Waals surface area contributed by atoms with Gasteiger partial charge < -0.3 is 4.90 Å². The molecule has 1 unspecified atom stereocenters. The third-order valence-corrected chi connectivity index (χ3v) is 5.87. The summed E-state index contributed by atoms with van der Waals surface area (Å²) in [5.41, 5.74) is 3.05. The Morgan fingerprint density at radius 3 is 2.45 bits per heavy atom. The summed E-state index contributed by atoms with van der Waals surface area (Å²) in [4.78, 5) is 17.3. The average molecular weight is 298 g/mol. The van der Waals surface area contributed by atoms with Gasteiger partial charge in [0, 0.05) is 38.1 Å². The highest BCUT2D eigenvalue weighted by molar-refractivity contribution is 5.79. The van der Waals surface area contributed by atoms with Gasteiger partial charge in [0.15, 0.2) is 0 Å². The van der Waals surface area contributed by atoms with Crippen molar-refractivity contribution in [3.05, 3.63) is 35.4 Å². The van der Waals surface area contributed by atoms with Crippen molar-refractivity contribution < 1.29 is 4.79 Å². The number of carbonyl (C=O) groups excluding carboxylic acids is 1. The Morgan fingerprint density at radius 2 is 1.68 bits per heavy atom. The molecule has 1 heterocycles. The minimum absolute atomic E-state index is 0.332. The molecule has 1 aromatic rings. The first-order chi connectivity index (χ1) is 10.8. The van der Waals surface area contributed by atoms with Crippen molar-refractivity contribution in [3.8, 4) is 0 Å². The van der Waals surface area contributed by atoms with E-state index < -0.39 is 0 Å². The molecule has 0 radical (unpaired) electrons. The molecule has 1 aromatic carbocycles. The van der Waals surface area contributed by atoms with Crippen LogP contribution in [0.1, 0.15) is 49.3 Å². The highest BCUT2D eigenvalue weighted by Gasteiger charge is 2.33. The predicted molar refractivity (Wildman–Crippen MR) is 87.6 cm³/mol. The number of hydrogen-bond donors (Lipinski definition) is 0. The lowest BCUT2D eigenvalue weighted by molar-refractivity contribution is -0.137. The maximum atomic E-state index is 12.5. The van der Waals surface area contributed by atoms with Gasteiger partial charge in [0.05, 0.1) is 0 Å². The van der Waals surface area contributed by atoms with Gasteiger partial charge in [0.2, 0.25) is 5.91 Å². The molecule has 1 saturated heterocycles. The fraction of sp³-hybridized carbons (Fsp3) is 0.632. The molecule has 1 saturated carbocycles. The third kappa shape index (κ3) is 2.56. The number of piperazine rings is 1. The van der Waals surface area contributed by atoms with Gasteiger partial charge in [-0.05, 0) is 36.8 Å². The molecule has 1 atom stereocenters. The number of carbonyl (C=O) groups is 1. The van der Waals surface area contributed by atoms with E-state index in [0.29, 0.717) is 17.9 Å². The van der Waals surface area contributed by atoms with Gasteiger partial charge >= 0.3 is 0 Å². The van der Waals surface area contributed by atoms with Crippen molar-refractivity contribution in [2.24, 2.45) is 5.92 Å². The second-order valence-corrected chi connectivity index (χ2v) is 7.10. The average Bonchev–Trinajstić information content (AvgIpc) is 3.24. The standard InChI is InChI=1S/C19H26N2O/c22-19(16-6-1-2-7-16)21-13-11-20(12-14-21)18-10-9-15-5-3-4-8-17(15)18/h3-5,8,16,18H,1-2,6-7,9-14H2. The first kappa shape index (κ1) is 14.3. The van der Waals surface area contributed by atoms with E-state index in [1.807, 2.05) is 0 Å². The maximum Gasteiger partial charge on any atom is 0.225 e. The molecule has 1 aliphatic heterocycles. The van der Waals surface area contributed by atoms with E-state index in [9.17, 15) is 4.79 Å². The molecular formula is C19H26N2O. The monoisotopic (exact) mass is 298 g/mol. The number of benzene rings is 1. The largest absolute Gasteiger partial charge is 0.340 e. The van der Waals surface area contributed by atoms with Gasteiger partial charge in [0.1, 0.15) is 0 Å². The molecule has 4 rings (SSSR count). The van der Waals surface area contributed by atoms with Gasteiger partial charge in [-0.25, -0.2) is 0 Å². The van der Waals surface area contributed by atoms with Crippen LogP contribution < -0.4 is 0 Å². The van der Waals surface area contributed by atoms with Crippen molar-refractivity contribution in [3.63, 3.8) is 0 Å². The summed E-state index contributed by atoms with van der Waals surface area (Å²) in [5.74, 6) is 0.766. The van der Waals surface area contributed by atoms with Crippen LogP contribution in [0, 0.1) is 5.92 Å². The van der Waals surface area contributed by atoms with Crippen LogP contribution in [0.3, 0.4) is 0 Å². The number of rotatable bonds is 2. The van der Waals surface area contributed by atoms with Crippen LogP contribution in [0.15, 0.2) is 24.3 Å². The summed E-state index contributed by atoms with van der Waals surface area (Å²) in [6.45, 7) is 3.93. The normalized spacial score (nSPS) is 26.4. The Bertz CT molecular complexity index is 542. The number of hydrogen-bond acceptors (Lipinski definition) is 2. The van der Waals surface area contributed by atoms with E-state index in [1.165, 1.54) is 36.8 Å². The van der Waals surface area contributed by atoms with Gasteiger partial charge in [0.25, 0.3) is 0 Å². The van der Waals surface area contributed by atoms with E-state index in [1.54, 1.807) is 0 Å². The summed E-state index contributed by atoms with van der Waals surface area (Å²) >= 11 is 0. The van der Waals surface area contributed by atoms with E-state index in [4.69, 9.17) is 0 Å². The Kier molecular flexibility index (Phi) is 3.91. The highest BCUT2D eigenvalue weighted by Crippen LogP contribution is 2.36. The minimum atomic E-state index is 0.332. The van der Waals surface area contributed by atoms with E-state index >= 15 is 0 Å². The molecule has 0 spiro atoms. The SMILES string of the molecule is O=C(C1CCCC1)N1CCN(C2CCc3ccccc32)CC1. The predicted octanol–water partition coefficient (Wildman–Crippen LogP) is 3.01. The minimum Gasteiger partial charge on any atom is -0.340 e. The molecule has 1 amide bonds. The molecule has 0 bridgehead atoms. The van der Waals surface area contributed by atoms with Crippen molar-refractivity contribution in [1.29, 1.82) is 0 Å². The zero-order chi connectivity index (χ0) is 14.9. The Balaban J connectivity index is 1.37. The summed E-state index contributed by atoms with van der Waals surface area (Å²) in [5, 5.41) is 0. The molecule has 22 heavy (non-hydrogen) atoms. The molecule has 3 nitrogen and oxygen atoms in total. The fourth-order valence-corrected chi connectivity index (χ4v) is 4.60. The van der Waals surface area contributed by atoms with E-state index in [2.05, 4.69) is 34.1 Å². The number of aryl methyl sites for hydroxylation is 1. The third-order valence-electron chi connectivity index (χ3n) is 5.87. The van der Waals surface area contributed by atoms with Crippen LogP contribution in [-0.2, 0) is 11.2 Å². The van der Waals surface area contributed by atoms with Gasteiger partial charge in [-0.1, -0.05) is 37.1 Å². The maximum absolute atomic E-state index is 12.5. The first-order valence-electron chi connectivity index (χ1n) is 8.93. The summed E-state index contributed by atoms with van der Waals surface area (Å²) in [6, 6.07) is 9.47. The van der Waals surface area contributed by atoms with Crippen LogP contribution in [0.4, 0.5) is 0 Å². The van der Waals surface area contributed by atoms with Gasteiger partial charge in [-0.2, -0.15) is 0 Å². The quantitative estimate of drug-likeness (QED) is 0.838. The Hall–Kier alpha value is -1.35. The topological polar surface area (TPSA) is 23.6 Å².